The topological polar surface area (TPSA) is 81.9 Å². The highest BCUT2D eigenvalue weighted by atomic mass is 19.1. The van der Waals surface area contributed by atoms with Gasteiger partial charge in [-0.15, -0.1) is 6.42 Å². The molecule has 2 aromatic rings. The first-order chi connectivity index (χ1) is 12.9. The van der Waals surface area contributed by atoms with Crippen molar-refractivity contribution in [3.05, 3.63) is 59.4 Å². The monoisotopic (exact) mass is 370 g/mol. The number of primary amides is 1. The lowest BCUT2D eigenvalue weighted by Crippen LogP contribution is -2.31. The Morgan fingerprint density at radius 1 is 1.19 bits per heavy atom. The lowest BCUT2D eigenvalue weighted by Gasteiger charge is -2.21. The quantitative estimate of drug-likeness (QED) is 0.721. The van der Waals surface area contributed by atoms with Crippen molar-refractivity contribution in [2.75, 3.05) is 20.3 Å². The molecule has 27 heavy (non-hydrogen) atoms. The Hall–Kier alpha value is -3.53. The molecule has 0 saturated heterocycles. The van der Waals surface area contributed by atoms with Gasteiger partial charge in [-0.25, -0.2) is 4.39 Å². The number of benzene rings is 2. The molecule has 0 radical (unpaired) electrons. The van der Waals surface area contributed by atoms with E-state index in [2.05, 4.69) is 5.92 Å². The molecule has 2 amide bonds. The van der Waals surface area contributed by atoms with Crippen molar-refractivity contribution in [3.8, 4) is 23.8 Å². The Morgan fingerprint density at radius 2 is 1.89 bits per heavy atom. The molecule has 0 atom stereocenters. The number of carbonyl (C=O) groups is 2. The Balaban J connectivity index is 2.22. The van der Waals surface area contributed by atoms with Crippen LogP contribution >= 0.6 is 0 Å². The summed E-state index contributed by atoms with van der Waals surface area (Å²) >= 11 is 0. The molecule has 0 unspecified atom stereocenters. The third kappa shape index (κ3) is 5.47. The standard InChI is InChI=1S/C20H19FN2O4/c1-3-10-23(12-14-4-7-16(21)8-5-14)20(25)15-6-9-17(18(11-15)26-2)27-13-19(22)24/h1,4-9,11H,10,12-13H2,2H3,(H2,22,24). The minimum atomic E-state index is -0.628. The molecule has 0 bridgehead atoms. The molecular weight excluding hydrogens is 351 g/mol. The van der Waals surface area contributed by atoms with E-state index < -0.39 is 5.91 Å². The van der Waals surface area contributed by atoms with Gasteiger partial charge in [0.05, 0.1) is 13.7 Å². The lowest BCUT2D eigenvalue weighted by molar-refractivity contribution is -0.119. The van der Waals surface area contributed by atoms with E-state index >= 15 is 0 Å². The number of hydrogen-bond donors (Lipinski definition) is 1. The zero-order chi connectivity index (χ0) is 19.8. The first-order valence-electron chi connectivity index (χ1n) is 8.01. The number of halogens is 1. The number of ether oxygens (including phenoxy) is 2. The number of rotatable bonds is 8. The number of terminal acetylenes is 1. The highest BCUT2D eigenvalue weighted by molar-refractivity contribution is 5.95. The van der Waals surface area contributed by atoms with Gasteiger partial charge in [0.1, 0.15) is 5.82 Å². The molecule has 7 heteroatoms. The summed E-state index contributed by atoms with van der Waals surface area (Å²) in [6.07, 6.45) is 5.38. The Kier molecular flexibility index (Phi) is 6.78. The van der Waals surface area contributed by atoms with E-state index in [-0.39, 0.29) is 42.9 Å². The third-order valence-electron chi connectivity index (χ3n) is 3.64. The second-order valence-corrected chi connectivity index (χ2v) is 5.61. The smallest absolute Gasteiger partial charge is 0.255 e. The summed E-state index contributed by atoms with van der Waals surface area (Å²) in [6.45, 7) is 0.00143. The predicted octanol–water partition coefficient (Wildman–Crippen LogP) is 1.97. The Morgan fingerprint density at radius 3 is 2.48 bits per heavy atom. The van der Waals surface area contributed by atoms with E-state index in [9.17, 15) is 14.0 Å². The number of amides is 2. The molecule has 0 heterocycles. The van der Waals surface area contributed by atoms with Gasteiger partial charge in [0.15, 0.2) is 18.1 Å². The molecular formula is C20H19FN2O4. The molecule has 2 rings (SSSR count). The molecule has 0 fully saturated rings. The lowest BCUT2D eigenvalue weighted by atomic mass is 10.1. The number of carbonyl (C=O) groups excluding carboxylic acids is 2. The van der Waals surface area contributed by atoms with E-state index in [4.69, 9.17) is 21.6 Å². The van der Waals surface area contributed by atoms with Crippen molar-refractivity contribution < 1.29 is 23.5 Å². The van der Waals surface area contributed by atoms with Crippen LogP contribution in [0, 0.1) is 18.2 Å². The van der Waals surface area contributed by atoms with Crippen molar-refractivity contribution in [2.45, 2.75) is 6.54 Å². The van der Waals surface area contributed by atoms with Gasteiger partial charge in [0, 0.05) is 12.1 Å². The summed E-state index contributed by atoms with van der Waals surface area (Å²) in [6, 6.07) is 10.4. The average Bonchev–Trinajstić information content (AvgIpc) is 2.67. The van der Waals surface area contributed by atoms with Crippen molar-refractivity contribution in [1.29, 1.82) is 0 Å². The second kappa shape index (κ2) is 9.25. The molecule has 2 aromatic carbocycles. The fourth-order valence-electron chi connectivity index (χ4n) is 2.37. The normalized spacial score (nSPS) is 9.96. The predicted molar refractivity (Wildman–Crippen MR) is 97.7 cm³/mol. The van der Waals surface area contributed by atoms with Gasteiger partial charge in [0.25, 0.3) is 11.8 Å². The van der Waals surface area contributed by atoms with Gasteiger partial charge in [-0.3, -0.25) is 9.59 Å². The fourth-order valence-corrected chi connectivity index (χ4v) is 2.37. The fraction of sp³-hybridized carbons (Fsp3) is 0.200. The maximum absolute atomic E-state index is 13.1. The summed E-state index contributed by atoms with van der Waals surface area (Å²) in [4.78, 5) is 25.1. The second-order valence-electron chi connectivity index (χ2n) is 5.61. The SMILES string of the molecule is C#CCN(Cc1ccc(F)cc1)C(=O)c1ccc(OCC(N)=O)c(OC)c1. The van der Waals surface area contributed by atoms with E-state index in [1.54, 1.807) is 12.1 Å². The summed E-state index contributed by atoms with van der Waals surface area (Å²) < 4.78 is 23.5. The number of nitrogens with two attached hydrogens (primary N) is 1. The third-order valence-corrected chi connectivity index (χ3v) is 3.64. The number of methoxy groups -OCH3 is 1. The van der Waals surface area contributed by atoms with Crippen molar-refractivity contribution in [1.82, 2.24) is 4.90 Å². The molecule has 0 saturated carbocycles. The van der Waals surface area contributed by atoms with Crippen LogP contribution in [0.3, 0.4) is 0 Å². The zero-order valence-electron chi connectivity index (χ0n) is 14.8. The molecule has 0 spiro atoms. The van der Waals surface area contributed by atoms with Gasteiger partial charge in [-0.05, 0) is 35.9 Å². The average molecular weight is 370 g/mol. The van der Waals surface area contributed by atoms with Gasteiger partial charge < -0.3 is 20.1 Å². The maximum atomic E-state index is 13.1. The molecule has 0 aliphatic carbocycles. The molecule has 140 valence electrons. The maximum Gasteiger partial charge on any atom is 0.255 e. The molecule has 2 N–H and O–H groups in total. The largest absolute Gasteiger partial charge is 0.493 e. The van der Waals surface area contributed by atoms with Crippen LogP contribution in [0.15, 0.2) is 42.5 Å². The first-order valence-corrected chi connectivity index (χ1v) is 8.01. The van der Waals surface area contributed by atoms with Gasteiger partial charge in [-0.1, -0.05) is 18.1 Å². The van der Waals surface area contributed by atoms with E-state index in [1.165, 1.54) is 42.3 Å². The van der Waals surface area contributed by atoms with Crippen LogP contribution in [0.2, 0.25) is 0 Å². The van der Waals surface area contributed by atoms with Gasteiger partial charge in [-0.2, -0.15) is 0 Å². The van der Waals surface area contributed by atoms with Crippen LogP contribution in [0.4, 0.5) is 4.39 Å². The summed E-state index contributed by atoms with van der Waals surface area (Å²) in [5, 5.41) is 0. The number of nitrogens with zero attached hydrogens (tertiary/aromatic N) is 1. The number of hydrogen-bond acceptors (Lipinski definition) is 4. The van der Waals surface area contributed by atoms with Crippen LogP contribution in [-0.4, -0.2) is 37.0 Å². The van der Waals surface area contributed by atoms with Crippen LogP contribution in [0.25, 0.3) is 0 Å². The first kappa shape index (κ1) is 19.8. The molecule has 0 aliphatic heterocycles. The summed E-state index contributed by atoms with van der Waals surface area (Å²) in [7, 11) is 1.42. The Labute approximate surface area is 156 Å². The highest BCUT2D eigenvalue weighted by Crippen LogP contribution is 2.28. The van der Waals surface area contributed by atoms with E-state index in [1.807, 2.05) is 0 Å². The van der Waals surface area contributed by atoms with Gasteiger partial charge in [0.2, 0.25) is 0 Å². The van der Waals surface area contributed by atoms with Crippen LogP contribution in [0.5, 0.6) is 11.5 Å². The van der Waals surface area contributed by atoms with E-state index in [0.717, 1.165) is 5.56 Å². The Bertz CT molecular complexity index is 859. The minimum Gasteiger partial charge on any atom is -0.493 e. The van der Waals surface area contributed by atoms with Crippen LogP contribution < -0.4 is 15.2 Å². The van der Waals surface area contributed by atoms with Crippen LogP contribution in [0.1, 0.15) is 15.9 Å². The highest BCUT2D eigenvalue weighted by Gasteiger charge is 2.18. The van der Waals surface area contributed by atoms with Gasteiger partial charge >= 0.3 is 0 Å². The molecule has 0 aromatic heterocycles. The van der Waals surface area contributed by atoms with Crippen LogP contribution in [-0.2, 0) is 11.3 Å². The van der Waals surface area contributed by atoms with Crippen molar-refractivity contribution in [2.24, 2.45) is 5.73 Å². The summed E-state index contributed by atoms with van der Waals surface area (Å²) in [5.41, 5.74) is 6.13. The van der Waals surface area contributed by atoms with Crippen molar-refractivity contribution >= 4 is 11.8 Å². The minimum absolute atomic E-state index is 0.0818. The van der Waals surface area contributed by atoms with E-state index in [0.29, 0.717) is 5.56 Å². The summed E-state index contributed by atoms with van der Waals surface area (Å²) in [5.74, 6) is 1.71. The zero-order valence-corrected chi connectivity index (χ0v) is 14.8. The molecule has 0 aliphatic rings. The van der Waals surface area contributed by atoms with Crippen molar-refractivity contribution in [3.63, 3.8) is 0 Å². The molecule has 6 nitrogen and oxygen atoms in total.